The molecule has 0 saturated carbocycles. The zero-order valence-electron chi connectivity index (χ0n) is 18.7. The molecule has 4 rings (SSSR count). The lowest BCUT2D eigenvalue weighted by Gasteiger charge is -2.20. The Bertz CT molecular complexity index is 1400. The molecule has 0 bridgehead atoms. The summed E-state index contributed by atoms with van der Waals surface area (Å²) < 4.78 is 42.1. The predicted molar refractivity (Wildman–Crippen MR) is 129 cm³/mol. The van der Waals surface area contributed by atoms with Crippen LogP contribution in [0.4, 0.5) is 13.2 Å². The average molecular weight is 516 g/mol. The number of amidine groups is 1. The van der Waals surface area contributed by atoms with Crippen molar-refractivity contribution in [3.05, 3.63) is 69.8 Å². The first-order chi connectivity index (χ1) is 17.2. The lowest BCUT2D eigenvalue weighted by molar-refractivity contribution is -0.138. The number of aliphatic hydroxyl groups excluding tert-OH is 2. The zero-order valence-corrected chi connectivity index (χ0v) is 19.6. The molecule has 0 fully saturated rings. The third-order valence-corrected chi connectivity index (χ3v) is 6.49. The van der Waals surface area contributed by atoms with Crippen molar-refractivity contribution >= 4 is 39.8 Å². The highest BCUT2D eigenvalue weighted by Crippen LogP contribution is 2.34. The van der Waals surface area contributed by atoms with Crippen molar-refractivity contribution in [2.45, 2.75) is 12.7 Å². The van der Waals surface area contributed by atoms with Crippen molar-refractivity contribution in [1.82, 2.24) is 14.7 Å². The van der Waals surface area contributed by atoms with Gasteiger partial charge in [0.15, 0.2) is 5.17 Å². The maximum atomic E-state index is 13.5. The molecule has 0 saturated heterocycles. The quantitative estimate of drug-likeness (QED) is 0.465. The van der Waals surface area contributed by atoms with Crippen LogP contribution in [0.5, 0.6) is 0 Å². The highest BCUT2D eigenvalue weighted by atomic mass is 32.2. The summed E-state index contributed by atoms with van der Waals surface area (Å²) in [5.74, 6) is -0.438. The Labute approximate surface area is 208 Å². The van der Waals surface area contributed by atoms with E-state index in [-0.39, 0.29) is 44.0 Å². The van der Waals surface area contributed by atoms with E-state index in [1.807, 2.05) is 0 Å². The summed E-state index contributed by atoms with van der Waals surface area (Å²) in [7, 11) is 0. The molecule has 2 aromatic carbocycles. The molecule has 0 radical (unpaired) electrons. The van der Waals surface area contributed by atoms with Gasteiger partial charge in [-0.05, 0) is 53.2 Å². The molecular weight excluding hydrogens is 495 g/mol. The number of alkyl halides is 3. The fraction of sp³-hybridized carbons (Fsp3) is 0.250. The minimum absolute atomic E-state index is 0.00867. The fourth-order valence-corrected chi connectivity index (χ4v) is 4.72. The number of aliphatic hydroxyl groups is 2. The number of carbonyl (C=O) groups excluding carboxylic acids is 1. The Hall–Kier alpha value is -3.66. The van der Waals surface area contributed by atoms with Gasteiger partial charge in [-0.2, -0.15) is 28.5 Å². The van der Waals surface area contributed by atoms with Crippen molar-refractivity contribution < 1.29 is 28.2 Å². The molecule has 12 heteroatoms. The first-order valence-corrected chi connectivity index (χ1v) is 11.6. The topological polar surface area (TPSA) is 115 Å². The maximum Gasteiger partial charge on any atom is 0.416 e. The van der Waals surface area contributed by atoms with Gasteiger partial charge in [-0.25, -0.2) is 0 Å². The van der Waals surface area contributed by atoms with E-state index in [0.29, 0.717) is 26.5 Å². The predicted octanol–water partition coefficient (Wildman–Crippen LogP) is 3.23. The zero-order chi connectivity index (χ0) is 25.9. The molecule has 8 nitrogen and oxygen atoms in total. The van der Waals surface area contributed by atoms with Gasteiger partial charge in [-0.15, -0.1) is 0 Å². The Morgan fingerprint density at radius 1 is 1.14 bits per heavy atom. The molecule has 2 N–H and O–H groups in total. The second kappa shape index (κ2) is 10.5. The Morgan fingerprint density at radius 2 is 1.89 bits per heavy atom. The molecular formula is C24H20F3N5O3S. The monoisotopic (exact) mass is 515 g/mol. The van der Waals surface area contributed by atoms with E-state index in [4.69, 9.17) is 5.26 Å². The molecule has 1 aliphatic heterocycles. The van der Waals surface area contributed by atoms with Crippen LogP contribution < -0.4 is 0 Å². The number of benzene rings is 2. The lowest BCUT2D eigenvalue weighted by Crippen LogP contribution is -2.33. The van der Waals surface area contributed by atoms with Crippen molar-refractivity contribution in [2.75, 3.05) is 26.3 Å². The molecule has 3 aromatic rings. The number of hydrogen-bond donors (Lipinski definition) is 2. The smallest absolute Gasteiger partial charge is 0.395 e. The summed E-state index contributed by atoms with van der Waals surface area (Å²) in [6, 6.07) is 10.4. The van der Waals surface area contributed by atoms with Crippen LogP contribution >= 0.6 is 11.8 Å². The van der Waals surface area contributed by atoms with Gasteiger partial charge in [0, 0.05) is 18.5 Å². The summed E-state index contributed by atoms with van der Waals surface area (Å²) in [5, 5.41) is 32.7. The summed E-state index contributed by atoms with van der Waals surface area (Å²) >= 11 is 1.14. The van der Waals surface area contributed by atoms with E-state index in [1.54, 1.807) is 35.2 Å². The van der Waals surface area contributed by atoms with Crippen LogP contribution in [0.15, 0.2) is 52.5 Å². The van der Waals surface area contributed by atoms with Crippen LogP contribution in [-0.2, 0) is 17.5 Å². The minimum Gasteiger partial charge on any atom is -0.395 e. The van der Waals surface area contributed by atoms with Crippen LogP contribution in [0, 0.1) is 11.3 Å². The SMILES string of the molecule is N#Cc1ccc(Cn2ncc3cc(/C=C4\SC(N(CCO)CCO)=NC4=O)ccc32)c(C(F)(F)F)c1. The average Bonchev–Trinajstić information content (AvgIpc) is 3.41. The molecule has 0 spiro atoms. The largest absolute Gasteiger partial charge is 0.416 e. The van der Waals surface area contributed by atoms with Gasteiger partial charge >= 0.3 is 6.18 Å². The van der Waals surface area contributed by atoms with Crippen molar-refractivity contribution in [3.8, 4) is 6.07 Å². The Morgan fingerprint density at radius 3 is 2.56 bits per heavy atom. The van der Waals surface area contributed by atoms with Gasteiger partial charge in [-0.3, -0.25) is 9.48 Å². The number of halogens is 3. The first-order valence-electron chi connectivity index (χ1n) is 10.8. The van der Waals surface area contributed by atoms with Gasteiger partial charge in [0.2, 0.25) is 0 Å². The van der Waals surface area contributed by atoms with Gasteiger partial charge in [0.05, 0.1) is 53.6 Å². The third kappa shape index (κ3) is 5.43. The van der Waals surface area contributed by atoms with E-state index < -0.39 is 17.6 Å². The van der Waals surface area contributed by atoms with Crippen LogP contribution in [0.25, 0.3) is 17.0 Å². The van der Waals surface area contributed by atoms with E-state index >= 15 is 0 Å². The van der Waals surface area contributed by atoms with Crippen molar-refractivity contribution in [3.63, 3.8) is 0 Å². The summed E-state index contributed by atoms with van der Waals surface area (Å²) in [6.45, 7) is 0.0170. The van der Waals surface area contributed by atoms with Gasteiger partial charge < -0.3 is 15.1 Å². The van der Waals surface area contributed by atoms with Gasteiger partial charge in [-0.1, -0.05) is 12.1 Å². The Balaban J connectivity index is 1.58. The minimum atomic E-state index is -4.61. The number of thioether (sulfide) groups is 1. The van der Waals surface area contributed by atoms with Crippen LogP contribution in [0.1, 0.15) is 22.3 Å². The van der Waals surface area contributed by atoms with Crippen LogP contribution in [0.2, 0.25) is 0 Å². The molecule has 2 heterocycles. The lowest BCUT2D eigenvalue weighted by atomic mass is 10.0. The number of carbonyl (C=O) groups is 1. The highest BCUT2D eigenvalue weighted by Gasteiger charge is 2.34. The van der Waals surface area contributed by atoms with Gasteiger partial charge in [0.25, 0.3) is 5.91 Å². The number of nitriles is 1. The summed E-state index contributed by atoms with van der Waals surface area (Å²) in [6.07, 6.45) is -1.43. The number of aromatic nitrogens is 2. The molecule has 1 aliphatic rings. The molecule has 186 valence electrons. The highest BCUT2D eigenvalue weighted by molar-refractivity contribution is 8.18. The summed E-state index contributed by atoms with van der Waals surface area (Å²) in [5.41, 5.74) is 0.325. The van der Waals surface area contributed by atoms with Gasteiger partial charge in [0.1, 0.15) is 0 Å². The van der Waals surface area contributed by atoms with E-state index in [9.17, 15) is 28.2 Å². The standard InChI is InChI=1S/C24H20F3N5O3S/c25-24(26,27)19-10-16(12-28)1-3-17(19)14-32-20-4-2-15(9-18(20)13-29-32)11-21-22(35)30-23(36-21)31(5-7-33)6-8-34/h1-4,9-11,13,33-34H,5-8,14H2/b21-11-. The normalized spacial score (nSPS) is 14.9. The second-order valence-corrected chi connectivity index (χ2v) is 8.86. The maximum absolute atomic E-state index is 13.5. The van der Waals surface area contributed by atoms with Crippen molar-refractivity contribution in [1.29, 1.82) is 5.26 Å². The molecule has 1 amide bonds. The molecule has 0 atom stereocenters. The summed E-state index contributed by atoms with van der Waals surface area (Å²) in [4.78, 5) is 18.4. The van der Waals surface area contributed by atoms with Crippen LogP contribution in [-0.4, -0.2) is 62.3 Å². The third-order valence-electron chi connectivity index (χ3n) is 5.45. The number of hydrogen-bond acceptors (Lipinski definition) is 7. The molecule has 0 aliphatic carbocycles. The molecule has 0 unspecified atom stereocenters. The van der Waals surface area contributed by atoms with E-state index in [0.717, 1.165) is 17.8 Å². The number of aliphatic imine (C=N–C) groups is 1. The van der Waals surface area contributed by atoms with E-state index in [1.165, 1.54) is 23.0 Å². The number of amides is 1. The Kier molecular flexibility index (Phi) is 7.44. The molecule has 1 aromatic heterocycles. The fourth-order valence-electron chi connectivity index (χ4n) is 3.76. The van der Waals surface area contributed by atoms with Crippen LogP contribution in [0.3, 0.4) is 0 Å². The van der Waals surface area contributed by atoms with E-state index in [2.05, 4.69) is 10.1 Å². The number of nitrogens with zero attached hydrogens (tertiary/aromatic N) is 5. The van der Waals surface area contributed by atoms with Crippen molar-refractivity contribution in [2.24, 2.45) is 4.99 Å². The number of rotatable bonds is 7. The first kappa shape index (κ1) is 25.4. The second-order valence-electron chi connectivity index (χ2n) is 7.85. The molecule has 36 heavy (non-hydrogen) atoms. The number of fused-ring (bicyclic) bond motifs is 1.